The van der Waals surface area contributed by atoms with E-state index in [-0.39, 0.29) is 43.7 Å². The second-order valence-corrected chi connectivity index (χ2v) is 11.4. The molecule has 2 aliphatic rings. The van der Waals surface area contributed by atoms with Crippen LogP contribution in [0.2, 0.25) is 0 Å². The average molecular weight is 548 g/mol. The third-order valence-corrected chi connectivity index (χ3v) is 8.49. The van der Waals surface area contributed by atoms with Crippen LogP contribution < -0.4 is 0 Å². The molecule has 2 heterocycles. The van der Waals surface area contributed by atoms with Crippen LogP contribution in [0, 0.1) is 11.8 Å². The maximum atomic E-state index is 13.3. The number of thiocarbonyl (C=S) groups is 1. The molecule has 0 bridgehead atoms. The van der Waals surface area contributed by atoms with Gasteiger partial charge in [0.05, 0.1) is 30.6 Å². The summed E-state index contributed by atoms with van der Waals surface area (Å²) in [5.74, 6) is -0.0646. The molecule has 192 valence electrons. The molecule has 1 saturated heterocycles. The largest absolute Gasteiger partial charge is 0.465 e. The van der Waals surface area contributed by atoms with E-state index >= 15 is 0 Å². The summed E-state index contributed by atoms with van der Waals surface area (Å²) in [7, 11) is 0. The Kier molecular flexibility index (Phi) is 9.30. The molecule has 2 unspecified atom stereocenters. The molecule has 4 rings (SSSR count). The Hall–Kier alpha value is -2.11. The normalized spacial score (nSPS) is 21.6. The lowest BCUT2D eigenvalue weighted by Crippen LogP contribution is -2.43. The van der Waals surface area contributed by atoms with Crippen LogP contribution in [0.1, 0.15) is 31.4 Å². The van der Waals surface area contributed by atoms with Gasteiger partial charge in [0.15, 0.2) is 0 Å². The van der Waals surface area contributed by atoms with Gasteiger partial charge in [0.2, 0.25) is 0 Å². The number of furan rings is 1. The summed E-state index contributed by atoms with van der Waals surface area (Å²) < 4.78 is 11.8. The van der Waals surface area contributed by atoms with Gasteiger partial charge in [-0.25, -0.2) is 0 Å². The minimum absolute atomic E-state index is 0.0242. The van der Waals surface area contributed by atoms with Crippen molar-refractivity contribution in [2.45, 2.75) is 36.6 Å². The summed E-state index contributed by atoms with van der Waals surface area (Å²) in [5, 5.41) is 18.4. The predicted octanol–water partition coefficient (Wildman–Crippen LogP) is 4.57. The van der Waals surface area contributed by atoms with E-state index in [0.29, 0.717) is 27.8 Å². The topological polar surface area (TPSA) is 100 Å². The Labute approximate surface area is 224 Å². The molecule has 10 heteroatoms. The minimum Gasteiger partial charge on any atom is -0.465 e. The van der Waals surface area contributed by atoms with Crippen molar-refractivity contribution in [3.63, 3.8) is 0 Å². The van der Waals surface area contributed by atoms with E-state index in [9.17, 15) is 19.8 Å². The highest BCUT2D eigenvalue weighted by atomic mass is 32.2. The van der Waals surface area contributed by atoms with Gasteiger partial charge in [-0.15, -0.1) is 11.8 Å². The van der Waals surface area contributed by atoms with Crippen molar-refractivity contribution in [1.29, 1.82) is 0 Å². The van der Waals surface area contributed by atoms with Crippen LogP contribution in [0.5, 0.6) is 0 Å². The summed E-state index contributed by atoms with van der Waals surface area (Å²) >= 11 is 8.46. The number of aliphatic hydroxyl groups excluding tert-OH is 2. The first-order chi connectivity index (χ1) is 17.4. The fourth-order valence-electron chi connectivity index (χ4n) is 4.36. The van der Waals surface area contributed by atoms with E-state index in [2.05, 4.69) is 0 Å². The van der Waals surface area contributed by atoms with Crippen molar-refractivity contribution in [3.05, 3.63) is 47.1 Å². The molecule has 0 spiro atoms. The zero-order valence-electron chi connectivity index (χ0n) is 19.9. The number of esters is 1. The lowest BCUT2D eigenvalue weighted by atomic mass is 9.85. The lowest BCUT2D eigenvalue weighted by molar-refractivity contribution is -0.153. The Morgan fingerprint density at radius 1 is 1.25 bits per heavy atom. The zero-order chi connectivity index (χ0) is 25.7. The second kappa shape index (κ2) is 12.4. The standard InChI is InChI=1S/C26H29NO6S3/c1-35-21-8-5-17(6-9-21)22-10-7-20(33-22)12-23-24(30)27(26(34)36-23)19-4-2-3-18(11-19)25(31)32-15-16(13-28)14-29/h5-10,12,16,18-19,28-29H,2-4,11,13-15H2,1H3. The number of thioether (sulfide) groups is 2. The molecule has 1 aliphatic heterocycles. The van der Waals surface area contributed by atoms with Crippen molar-refractivity contribution >= 4 is 58.0 Å². The summed E-state index contributed by atoms with van der Waals surface area (Å²) in [5.41, 5.74) is 0.962. The second-order valence-electron chi connectivity index (χ2n) is 8.86. The van der Waals surface area contributed by atoms with Gasteiger partial charge in [-0.2, -0.15) is 0 Å². The molecule has 2 aromatic rings. The highest BCUT2D eigenvalue weighted by Crippen LogP contribution is 2.39. The average Bonchev–Trinajstić information content (AvgIpc) is 3.48. The molecule has 1 aliphatic carbocycles. The summed E-state index contributed by atoms with van der Waals surface area (Å²) in [6, 6.07) is 11.6. The molecule has 2 fully saturated rings. The van der Waals surface area contributed by atoms with Crippen LogP contribution >= 0.6 is 35.7 Å². The van der Waals surface area contributed by atoms with Gasteiger partial charge in [-0.1, -0.05) is 42.5 Å². The van der Waals surface area contributed by atoms with Crippen molar-refractivity contribution in [3.8, 4) is 11.3 Å². The molecule has 1 aromatic heterocycles. The Bertz CT molecular complexity index is 1120. The van der Waals surface area contributed by atoms with Crippen LogP contribution in [-0.4, -0.2) is 63.4 Å². The van der Waals surface area contributed by atoms with E-state index in [1.807, 2.05) is 42.7 Å². The van der Waals surface area contributed by atoms with Gasteiger partial charge in [0.1, 0.15) is 15.8 Å². The fourth-order valence-corrected chi connectivity index (χ4v) is 6.15. The number of amides is 1. The Morgan fingerprint density at radius 2 is 2.00 bits per heavy atom. The minimum atomic E-state index is -0.484. The van der Waals surface area contributed by atoms with Crippen molar-refractivity contribution in [2.75, 3.05) is 26.1 Å². The van der Waals surface area contributed by atoms with Crippen molar-refractivity contribution in [2.24, 2.45) is 11.8 Å². The van der Waals surface area contributed by atoms with E-state index in [0.717, 1.165) is 24.2 Å². The summed E-state index contributed by atoms with van der Waals surface area (Å²) in [6.07, 6.45) is 6.44. The van der Waals surface area contributed by atoms with Gasteiger partial charge in [-0.05, 0) is 49.8 Å². The number of carbonyl (C=O) groups is 2. The molecule has 7 nitrogen and oxygen atoms in total. The first-order valence-electron chi connectivity index (χ1n) is 11.8. The maximum absolute atomic E-state index is 13.3. The molecular formula is C26H29NO6S3. The first-order valence-corrected chi connectivity index (χ1v) is 14.3. The lowest BCUT2D eigenvalue weighted by Gasteiger charge is -2.33. The van der Waals surface area contributed by atoms with Crippen LogP contribution in [0.4, 0.5) is 0 Å². The molecule has 1 aromatic carbocycles. The Balaban J connectivity index is 1.41. The highest BCUT2D eigenvalue weighted by molar-refractivity contribution is 8.26. The highest BCUT2D eigenvalue weighted by Gasteiger charge is 2.41. The van der Waals surface area contributed by atoms with E-state index in [1.165, 1.54) is 16.7 Å². The molecule has 0 radical (unpaired) electrons. The number of rotatable bonds is 9. The number of hydrogen-bond acceptors (Lipinski definition) is 9. The van der Waals surface area contributed by atoms with Crippen LogP contribution in [0.15, 0.2) is 50.6 Å². The number of hydrogen-bond donors (Lipinski definition) is 2. The number of ether oxygens (including phenoxy) is 1. The molecule has 2 N–H and O–H groups in total. The maximum Gasteiger partial charge on any atom is 0.309 e. The number of carbonyl (C=O) groups excluding carboxylic acids is 2. The van der Waals surface area contributed by atoms with Gasteiger partial charge in [0.25, 0.3) is 5.91 Å². The number of benzene rings is 1. The molecular weight excluding hydrogens is 518 g/mol. The van der Waals surface area contributed by atoms with Gasteiger partial charge < -0.3 is 19.4 Å². The first kappa shape index (κ1) is 26.9. The van der Waals surface area contributed by atoms with Gasteiger partial charge in [-0.3, -0.25) is 14.5 Å². The van der Waals surface area contributed by atoms with E-state index in [4.69, 9.17) is 21.4 Å². The van der Waals surface area contributed by atoms with Crippen LogP contribution in [-0.2, 0) is 14.3 Å². The smallest absolute Gasteiger partial charge is 0.309 e. The van der Waals surface area contributed by atoms with Gasteiger partial charge in [0, 0.05) is 28.5 Å². The van der Waals surface area contributed by atoms with Crippen molar-refractivity contribution in [1.82, 2.24) is 4.90 Å². The number of aliphatic hydroxyl groups is 2. The van der Waals surface area contributed by atoms with E-state index < -0.39 is 5.92 Å². The molecule has 2 atom stereocenters. The Morgan fingerprint density at radius 3 is 2.69 bits per heavy atom. The zero-order valence-corrected chi connectivity index (χ0v) is 22.4. The predicted molar refractivity (Wildman–Crippen MR) is 145 cm³/mol. The SMILES string of the molecule is CSc1ccc(-c2ccc(C=C3SC(=S)N(C4CCCC(C(=O)OCC(CO)CO)C4)C3=O)o2)cc1. The quantitative estimate of drug-likeness (QED) is 0.202. The van der Waals surface area contributed by atoms with Crippen molar-refractivity contribution < 1.29 is 29.0 Å². The van der Waals surface area contributed by atoms with Gasteiger partial charge >= 0.3 is 5.97 Å². The molecule has 1 amide bonds. The monoisotopic (exact) mass is 547 g/mol. The number of nitrogens with zero attached hydrogens (tertiary/aromatic N) is 1. The third kappa shape index (κ3) is 6.23. The molecule has 36 heavy (non-hydrogen) atoms. The van der Waals surface area contributed by atoms with E-state index in [1.54, 1.807) is 22.7 Å². The van der Waals surface area contributed by atoms with Crippen LogP contribution in [0.25, 0.3) is 17.4 Å². The molecule has 1 saturated carbocycles. The summed E-state index contributed by atoms with van der Waals surface area (Å²) in [4.78, 5) is 29.1. The summed E-state index contributed by atoms with van der Waals surface area (Å²) in [6.45, 7) is -0.521. The fraction of sp³-hybridized carbons (Fsp3) is 0.423. The van der Waals surface area contributed by atoms with Crippen LogP contribution in [0.3, 0.4) is 0 Å². The third-order valence-electron chi connectivity index (χ3n) is 6.42.